The Labute approximate surface area is 144 Å². The summed E-state index contributed by atoms with van der Waals surface area (Å²) in [5.74, 6) is 0.411. The molecular formula is C16H16N6O2S. The van der Waals surface area contributed by atoms with Gasteiger partial charge in [0.15, 0.2) is 0 Å². The Balaban J connectivity index is 1.57. The third-order valence-corrected chi connectivity index (χ3v) is 4.95. The molecular weight excluding hydrogens is 340 g/mol. The number of nitrogens with two attached hydrogens (primary N) is 1. The van der Waals surface area contributed by atoms with Crippen LogP contribution in [0.4, 0.5) is 11.6 Å². The van der Waals surface area contributed by atoms with E-state index in [4.69, 9.17) is 5.14 Å². The average molecular weight is 356 g/mol. The fraction of sp³-hybridized carbons (Fsp3) is 0.188. The second-order valence-corrected chi connectivity index (χ2v) is 7.37. The molecule has 1 aliphatic rings. The zero-order chi connectivity index (χ0) is 17.4. The van der Waals surface area contributed by atoms with Gasteiger partial charge in [-0.3, -0.25) is 4.68 Å². The van der Waals surface area contributed by atoms with Crippen LogP contribution in [-0.2, 0) is 23.0 Å². The molecule has 0 amide bonds. The van der Waals surface area contributed by atoms with E-state index in [9.17, 15) is 8.42 Å². The van der Waals surface area contributed by atoms with Gasteiger partial charge in [0.05, 0.1) is 10.6 Å². The van der Waals surface area contributed by atoms with Gasteiger partial charge < -0.3 is 5.32 Å². The van der Waals surface area contributed by atoms with Crippen molar-refractivity contribution >= 4 is 21.7 Å². The molecule has 0 bridgehead atoms. The number of primary sulfonamides is 1. The maximum Gasteiger partial charge on any atom is 0.238 e. The molecule has 9 heteroatoms. The Bertz CT molecular complexity index is 1010. The first-order valence-electron chi connectivity index (χ1n) is 7.79. The van der Waals surface area contributed by atoms with Gasteiger partial charge in [0.1, 0.15) is 5.69 Å². The van der Waals surface area contributed by atoms with E-state index in [0.29, 0.717) is 11.6 Å². The summed E-state index contributed by atoms with van der Waals surface area (Å²) in [6.07, 6.45) is 3.83. The zero-order valence-corrected chi connectivity index (χ0v) is 14.1. The first-order chi connectivity index (χ1) is 12.0. The Morgan fingerprint density at radius 1 is 1.12 bits per heavy atom. The largest absolute Gasteiger partial charge is 0.324 e. The number of benzene rings is 1. The van der Waals surface area contributed by atoms with E-state index in [1.54, 1.807) is 18.3 Å². The molecule has 128 valence electrons. The van der Waals surface area contributed by atoms with Gasteiger partial charge in [0.25, 0.3) is 0 Å². The van der Waals surface area contributed by atoms with Crippen molar-refractivity contribution in [1.82, 2.24) is 19.7 Å². The first kappa shape index (κ1) is 15.7. The van der Waals surface area contributed by atoms with Crippen molar-refractivity contribution in [1.29, 1.82) is 0 Å². The number of sulfonamides is 1. The normalized spacial score (nSPS) is 13.6. The van der Waals surface area contributed by atoms with Crippen LogP contribution in [0, 0.1) is 0 Å². The summed E-state index contributed by atoms with van der Waals surface area (Å²) >= 11 is 0. The Morgan fingerprint density at radius 3 is 2.64 bits per heavy atom. The third kappa shape index (κ3) is 3.24. The van der Waals surface area contributed by atoms with E-state index in [0.717, 1.165) is 30.8 Å². The molecule has 4 rings (SSSR count). The number of rotatable bonds is 4. The highest BCUT2D eigenvalue weighted by Gasteiger charge is 2.15. The van der Waals surface area contributed by atoms with E-state index in [1.807, 2.05) is 10.7 Å². The predicted molar refractivity (Wildman–Crippen MR) is 92.7 cm³/mol. The highest BCUT2D eigenvalue weighted by molar-refractivity contribution is 7.89. The number of nitrogens with one attached hydrogen (secondary N) is 1. The molecule has 2 aromatic heterocycles. The maximum atomic E-state index is 11.3. The zero-order valence-electron chi connectivity index (χ0n) is 13.3. The fourth-order valence-electron chi connectivity index (χ4n) is 2.80. The van der Waals surface area contributed by atoms with Gasteiger partial charge in [-0.15, -0.1) is 0 Å². The summed E-state index contributed by atoms with van der Waals surface area (Å²) in [5.41, 5.74) is 3.45. The van der Waals surface area contributed by atoms with E-state index in [-0.39, 0.29) is 4.90 Å². The number of anilines is 2. The highest BCUT2D eigenvalue weighted by Crippen LogP contribution is 2.23. The molecule has 0 aliphatic carbocycles. The molecule has 25 heavy (non-hydrogen) atoms. The van der Waals surface area contributed by atoms with Gasteiger partial charge in [0.2, 0.25) is 16.0 Å². The Morgan fingerprint density at radius 2 is 1.92 bits per heavy atom. The standard InChI is InChI=1S/C16H16N6O2S/c17-25(23,24)13-5-3-11(4-6-13)19-16-18-8-7-14(20-16)15-10-12-2-1-9-22(12)21-15/h3-8,10H,1-2,9H2,(H2,17,23,24)(H,18,19,20). The number of hydrogen-bond donors (Lipinski definition) is 2. The minimum absolute atomic E-state index is 0.0558. The SMILES string of the molecule is NS(=O)(=O)c1ccc(Nc2nccc(-c3cc4n(n3)CCC4)n2)cc1. The van der Waals surface area contributed by atoms with Crippen LogP contribution in [-0.4, -0.2) is 28.2 Å². The Hall–Kier alpha value is -2.78. The maximum absolute atomic E-state index is 11.3. The molecule has 0 unspecified atom stereocenters. The van der Waals surface area contributed by atoms with E-state index >= 15 is 0 Å². The summed E-state index contributed by atoms with van der Waals surface area (Å²) in [7, 11) is -3.70. The van der Waals surface area contributed by atoms with Gasteiger partial charge in [-0.1, -0.05) is 0 Å². The monoisotopic (exact) mass is 356 g/mol. The quantitative estimate of drug-likeness (QED) is 0.735. The lowest BCUT2D eigenvalue weighted by Crippen LogP contribution is -2.11. The molecule has 3 heterocycles. The summed E-state index contributed by atoms with van der Waals surface area (Å²) in [4.78, 5) is 8.73. The van der Waals surface area contributed by atoms with Gasteiger partial charge in [-0.25, -0.2) is 23.5 Å². The molecule has 3 aromatic rings. The third-order valence-electron chi connectivity index (χ3n) is 4.02. The second-order valence-electron chi connectivity index (χ2n) is 5.81. The average Bonchev–Trinajstić information content (AvgIpc) is 3.16. The summed E-state index contributed by atoms with van der Waals surface area (Å²) < 4.78 is 24.6. The van der Waals surface area contributed by atoms with Crippen LogP contribution in [0.25, 0.3) is 11.4 Å². The topological polar surface area (TPSA) is 116 Å². The molecule has 1 aliphatic heterocycles. The van der Waals surface area contributed by atoms with Crippen molar-refractivity contribution in [3.63, 3.8) is 0 Å². The first-order valence-corrected chi connectivity index (χ1v) is 9.34. The fourth-order valence-corrected chi connectivity index (χ4v) is 3.32. The molecule has 0 fully saturated rings. The predicted octanol–water partition coefficient (Wildman–Crippen LogP) is 1.68. The van der Waals surface area contributed by atoms with Crippen molar-refractivity contribution < 1.29 is 8.42 Å². The molecule has 0 spiro atoms. The minimum atomic E-state index is -3.70. The van der Waals surface area contributed by atoms with Gasteiger partial charge >= 0.3 is 0 Å². The number of hydrogen-bond acceptors (Lipinski definition) is 6. The van der Waals surface area contributed by atoms with E-state index < -0.39 is 10.0 Å². The van der Waals surface area contributed by atoms with Crippen LogP contribution in [0.2, 0.25) is 0 Å². The lowest BCUT2D eigenvalue weighted by molar-refractivity contribution is 0.598. The van der Waals surface area contributed by atoms with Crippen molar-refractivity contribution in [2.24, 2.45) is 5.14 Å². The lowest BCUT2D eigenvalue weighted by Gasteiger charge is -2.06. The van der Waals surface area contributed by atoms with Gasteiger partial charge in [-0.05, 0) is 49.2 Å². The highest BCUT2D eigenvalue weighted by atomic mass is 32.2. The van der Waals surface area contributed by atoms with Crippen molar-refractivity contribution in [3.8, 4) is 11.4 Å². The van der Waals surface area contributed by atoms with E-state index in [1.165, 1.54) is 17.8 Å². The van der Waals surface area contributed by atoms with Crippen LogP contribution in [0.5, 0.6) is 0 Å². The summed E-state index contributed by atoms with van der Waals surface area (Å²) in [5, 5.41) is 12.7. The molecule has 0 atom stereocenters. The number of aryl methyl sites for hydroxylation is 2. The molecule has 8 nitrogen and oxygen atoms in total. The lowest BCUT2D eigenvalue weighted by atomic mass is 10.2. The Kier molecular flexibility index (Phi) is 3.74. The second kappa shape index (κ2) is 5.94. The number of nitrogens with zero attached hydrogens (tertiary/aromatic N) is 4. The molecule has 3 N–H and O–H groups in total. The summed E-state index contributed by atoms with van der Waals surface area (Å²) in [6.45, 7) is 0.946. The van der Waals surface area contributed by atoms with Crippen LogP contribution < -0.4 is 10.5 Å². The molecule has 0 saturated carbocycles. The smallest absolute Gasteiger partial charge is 0.238 e. The van der Waals surface area contributed by atoms with Crippen molar-refractivity contribution in [2.45, 2.75) is 24.3 Å². The van der Waals surface area contributed by atoms with Crippen molar-refractivity contribution in [2.75, 3.05) is 5.32 Å². The summed E-state index contributed by atoms with van der Waals surface area (Å²) in [6, 6.07) is 9.96. The minimum Gasteiger partial charge on any atom is -0.324 e. The molecule has 0 radical (unpaired) electrons. The van der Waals surface area contributed by atoms with Crippen LogP contribution in [0.3, 0.4) is 0 Å². The number of aromatic nitrogens is 4. The van der Waals surface area contributed by atoms with Crippen LogP contribution >= 0.6 is 0 Å². The van der Waals surface area contributed by atoms with Gasteiger partial charge in [0, 0.05) is 24.1 Å². The van der Waals surface area contributed by atoms with Crippen LogP contribution in [0.1, 0.15) is 12.1 Å². The van der Waals surface area contributed by atoms with Crippen LogP contribution in [0.15, 0.2) is 47.5 Å². The van der Waals surface area contributed by atoms with Gasteiger partial charge in [-0.2, -0.15) is 5.10 Å². The molecule has 1 aromatic carbocycles. The number of fused-ring (bicyclic) bond motifs is 1. The van der Waals surface area contributed by atoms with Crippen molar-refractivity contribution in [3.05, 3.63) is 48.3 Å². The molecule has 0 saturated heterocycles. The van der Waals surface area contributed by atoms with E-state index in [2.05, 4.69) is 26.4 Å².